The second-order valence-corrected chi connectivity index (χ2v) is 9.85. The molecule has 1 amide bonds. The first-order valence-corrected chi connectivity index (χ1v) is 11.9. The smallest absolute Gasteiger partial charge is 0.263 e. The molecule has 0 aliphatic carbocycles. The Hall–Kier alpha value is -2.16. The maximum absolute atomic E-state index is 13.6. The number of carbonyl (C=O) groups is 1. The van der Waals surface area contributed by atoms with Gasteiger partial charge in [-0.1, -0.05) is 55.9 Å². The van der Waals surface area contributed by atoms with Crippen molar-refractivity contribution in [2.24, 2.45) is 11.7 Å². The number of carbonyl (C=O) groups excluding carboxylic acids is 1. The van der Waals surface area contributed by atoms with Gasteiger partial charge in [-0.3, -0.25) is 14.2 Å². The number of nitrogens with two attached hydrogens (primary N) is 1. The number of benzene rings is 1. The average molecular weight is 444 g/mol. The Morgan fingerprint density at radius 2 is 2.13 bits per heavy atom. The Morgan fingerprint density at radius 3 is 2.83 bits per heavy atom. The molecule has 8 heteroatoms. The van der Waals surface area contributed by atoms with E-state index in [4.69, 9.17) is 15.5 Å². The number of hydrogen-bond acceptors (Lipinski definition) is 6. The molecule has 1 aliphatic heterocycles. The summed E-state index contributed by atoms with van der Waals surface area (Å²) < 4.78 is 7.69. The standard InChI is InChI=1S/C22H25N3O3S2/c1-13(2)16-10-15-17(11-28-16)30-20-19(15)21(27)25(22(24-20)29-12-18(23)26)9-8-14-6-4-3-5-7-14/h3-7,13,16H,8-12H2,1-2H3,(H2,23,26)/t16-/m1/s1. The number of rotatable bonds is 7. The van der Waals surface area contributed by atoms with E-state index in [-0.39, 0.29) is 17.4 Å². The Balaban J connectivity index is 1.77. The Bertz CT molecular complexity index is 1120. The first-order valence-electron chi connectivity index (χ1n) is 10.1. The van der Waals surface area contributed by atoms with Gasteiger partial charge in [-0.25, -0.2) is 4.98 Å². The van der Waals surface area contributed by atoms with Crippen LogP contribution in [0, 0.1) is 5.92 Å². The zero-order valence-corrected chi connectivity index (χ0v) is 18.7. The number of hydrogen-bond donors (Lipinski definition) is 1. The van der Waals surface area contributed by atoms with E-state index in [0.717, 1.165) is 27.3 Å². The first kappa shape index (κ1) is 21.1. The number of nitrogens with zero attached hydrogens (tertiary/aromatic N) is 2. The van der Waals surface area contributed by atoms with Crippen molar-refractivity contribution < 1.29 is 9.53 Å². The summed E-state index contributed by atoms with van der Waals surface area (Å²) in [7, 11) is 0. The molecule has 0 spiro atoms. The van der Waals surface area contributed by atoms with E-state index in [1.807, 2.05) is 30.3 Å². The number of aryl methyl sites for hydroxylation is 1. The van der Waals surface area contributed by atoms with E-state index >= 15 is 0 Å². The van der Waals surface area contributed by atoms with Crippen LogP contribution in [0.25, 0.3) is 10.2 Å². The van der Waals surface area contributed by atoms with Crippen LogP contribution in [0.2, 0.25) is 0 Å². The number of ether oxygens (including phenoxy) is 1. The van der Waals surface area contributed by atoms with E-state index in [2.05, 4.69) is 13.8 Å². The van der Waals surface area contributed by atoms with Gasteiger partial charge in [0.2, 0.25) is 5.91 Å². The normalized spacial score (nSPS) is 16.2. The number of amides is 1. The molecular formula is C22H25N3O3S2. The molecule has 3 aromatic rings. The van der Waals surface area contributed by atoms with Crippen molar-refractivity contribution in [2.75, 3.05) is 5.75 Å². The molecule has 1 atom stereocenters. The van der Waals surface area contributed by atoms with E-state index in [1.165, 1.54) is 23.1 Å². The van der Waals surface area contributed by atoms with Crippen LogP contribution in [0.5, 0.6) is 0 Å². The van der Waals surface area contributed by atoms with Crippen LogP contribution in [0.4, 0.5) is 0 Å². The third-order valence-corrected chi connectivity index (χ3v) is 7.45. The summed E-state index contributed by atoms with van der Waals surface area (Å²) in [5.74, 6) is 0.0433. The highest BCUT2D eigenvalue weighted by atomic mass is 32.2. The third-order valence-electron chi connectivity index (χ3n) is 5.35. The minimum absolute atomic E-state index is 0.0372. The maximum Gasteiger partial charge on any atom is 0.263 e. The first-order chi connectivity index (χ1) is 14.4. The fraction of sp³-hybridized carbons (Fsp3) is 0.409. The van der Waals surface area contributed by atoms with Crippen molar-refractivity contribution in [3.8, 4) is 0 Å². The van der Waals surface area contributed by atoms with Crippen LogP contribution in [-0.2, 0) is 35.5 Å². The lowest BCUT2D eigenvalue weighted by molar-refractivity contribution is -0.115. The van der Waals surface area contributed by atoms with Gasteiger partial charge in [-0.15, -0.1) is 11.3 Å². The van der Waals surface area contributed by atoms with Crippen LogP contribution < -0.4 is 11.3 Å². The molecule has 0 radical (unpaired) electrons. The summed E-state index contributed by atoms with van der Waals surface area (Å²) in [6, 6.07) is 10.0. The van der Waals surface area contributed by atoms with E-state index < -0.39 is 5.91 Å². The monoisotopic (exact) mass is 443 g/mol. The molecule has 2 aromatic heterocycles. The second-order valence-electron chi connectivity index (χ2n) is 7.82. The molecule has 6 nitrogen and oxygen atoms in total. The fourth-order valence-electron chi connectivity index (χ4n) is 3.70. The predicted octanol–water partition coefficient (Wildman–Crippen LogP) is 3.38. The van der Waals surface area contributed by atoms with E-state index in [1.54, 1.807) is 4.57 Å². The van der Waals surface area contributed by atoms with Crippen LogP contribution in [0.15, 0.2) is 40.3 Å². The molecule has 1 aromatic carbocycles. The van der Waals surface area contributed by atoms with Crippen LogP contribution in [0.3, 0.4) is 0 Å². The molecule has 4 rings (SSSR count). The Morgan fingerprint density at radius 1 is 1.37 bits per heavy atom. The van der Waals surface area contributed by atoms with Gasteiger partial charge in [0.15, 0.2) is 5.16 Å². The molecule has 0 bridgehead atoms. The maximum atomic E-state index is 13.6. The summed E-state index contributed by atoms with van der Waals surface area (Å²) in [6.45, 7) is 5.30. The van der Waals surface area contributed by atoms with Gasteiger partial charge in [0, 0.05) is 17.8 Å². The number of aromatic nitrogens is 2. The molecule has 1 aliphatic rings. The van der Waals surface area contributed by atoms with Crippen molar-refractivity contribution in [2.45, 2.75) is 51.1 Å². The molecule has 158 valence electrons. The molecule has 30 heavy (non-hydrogen) atoms. The number of thioether (sulfide) groups is 1. The summed E-state index contributed by atoms with van der Waals surface area (Å²) in [6.07, 6.45) is 1.55. The fourth-order valence-corrected chi connectivity index (χ4v) is 5.63. The van der Waals surface area contributed by atoms with Crippen molar-refractivity contribution in [3.05, 3.63) is 56.7 Å². The SMILES string of the molecule is CC(C)[C@H]1Cc2c(sc3nc(SCC(N)=O)n(CCc4ccccc4)c(=O)c23)CO1. The summed E-state index contributed by atoms with van der Waals surface area (Å²) in [4.78, 5) is 31.5. The van der Waals surface area contributed by atoms with Gasteiger partial charge in [0.25, 0.3) is 5.56 Å². The molecule has 3 heterocycles. The van der Waals surface area contributed by atoms with Gasteiger partial charge in [0.1, 0.15) is 4.83 Å². The number of thiophene rings is 1. The van der Waals surface area contributed by atoms with Gasteiger partial charge < -0.3 is 10.5 Å². The quantitative estimate of drug-likeness (QED) is 0.447. The molecule has 0 unspecified atom stereocenters. The molecular weight excluding hydrogens is 418 g/mol. The lowest BCUT2D eigenvalue weighted by atomic mass is 9.96. The molecule has 2 N–H and O–H groups in total. The van der Waals surface area contributed by atoms with E-state index in [0.29, 0.717) is 36.0 Å². The van der Waals surface area contributed by atoms with Crippen molar-refractivity contribution >= 4 is 39.2 Å². The Labute approximate surface area is 183 Å². The number of fused-ring (bicyclic) bond motifs is 3. The van der Waals surface area contributed by atoms with Crippen LogP contribution >= 0.6 is 23.1 Å². The summed E-state index contributed by atoms with van der Waals surface area (Å²) in [5, 5.41) is 1.25. The Kier molecular flexibility index (Phi) is 6.26. The molecule has 0 saturated carbocycles. The largest absolute Gasteiger partial charge is 0.372 e. The zero-order valence-electron chi connectivity index (χ0n) is 17.1. The second kappa shape index (κ2) is 8.91. The van der Waals surface area contributed by atoms with Crippen molar-refractivity contribution in [1.29, 1.82) is 0 Å². The van der Waals surface area contributed by atoms with Gasteiger partial charge in [-0.05, 0) is 23.5 Å². The summed E-state index contributed by atoms with van der Waals surface area (Å²) >= 11 is 2.74. The van der Waals surface area contributed by atoms with Gasteiger partial charge >= 0.3 is 0 Å². The van der Waals surface area contributed by atoms with Gasteiger partial charge in [0.05, 0.1) is 23.8 Å². The van der Waals surface area contributed by atoms with Crippen LogP contribution in [0.1, 0.15) is 29.9 Å². The predicted molar refractivity (Wildman–Crippen MR) is 121 cm³/mol. The highest BCUT2D eigenvalue weighted by molar-refractivity contribution is 7.99. The van der Waals surface area contributed by atoms with Crippen LogP contribution in [-0.4, -0.2) is 27.3 Å². The minimum atomic E-state index is -0.428. The lowest BCUT2D eigenvalue weighted by Gasteiger charge is -2.26. The highest BCUT2D eigenvalue weighted by Gasteiger charge is 2.28. The van der Waals surface area contributed by atoms with Crippen molar-refractivity contribution in [3.63, 3.8) is 0 Å². The molecule has 0 saturated heterocycles. The zero-order chi connectivity index (χ0) is 21.3. The highest BCUT2D eigenvalue weighted by Crippen LogP contribution is 2.35. The van der Waals surface area contributed by atoms with Gasteiger partial charge in [-0.2, -0.15) is 0 Å². The number of primary amides is 1. The summed E-state index contributed by atoms with van der Waals surface area (Å²) in [5.41, 5.74) is 7.53. The molecule has 0 fully saturated rings. The minimum Gasteiger partial charge on any atom is -0.372 e. The average Bonchev–Trinajstić information content (AvgIpc) is 3.10. The topological polar surface area (TPSA) is 87.2 Å². The lowest BCUT2D eigenvalue weighted by Crippen LogP contribution is -2.29. The third kappa shape index (κ3) is 4.31. The van der Waals surface area contributed by atoms with E-state index in [9.17, 15) is 9.59 Å². The van der Waals surface area contributed by atoms with Crippen molar-refractivity contribution in [1.82, 2.24) is 9.55 Å².